The molecule has 1 aliphatic rings. The number of carbonyl (C=O) groups is 2. The summed E-state index contributed by atoms with van der Waals surface area (Å²) in [7, 11) is 0. The number of esters is 1. The Hall–Kier alpha value is -3.00. The number of benzene rings is 1. The number of amides is 1. The largest absolute Gasteiger partial charge is 0.467 e. The van der Waals surface area contributed by atoms with E-state index in [1.54, 1.807) is 13.8 Å². The minimum atomic E-state index is -0.391. The number of nitrogens with zero attached hydrogens (tertiary/aromatic N) is 2. The summed E-state index contributed by atoms with van der Waals surface area (Å²) in [5, 5.41) is 3.71. The van der Waals surface area contributed by atoms with E-state index in [1.807, 2.05) is 12.1 Å². The van der Waals surface area contributed by atoms with Crippen LogP contribution in [0.25, 0.3) is 10.2 Å². The first-order valence-electron chi connectivity index (χ1n) is 9.99. The number of rotatable bonds is 6. The third-order valence-electron chi connectivity index (χ3n) is 5.20. The summed E-state index contributed by atoms with van der Waals surface area (Å²) in [4.78, 5) is 34.2. The predicted molar refractivity (Wildman–Crippen MR) is 114 cm³/mol. The van der Waals surface area contributed by atoms with Crippen LogP contribution < -0.4 is 10.1 Å². The Labute approximate surface area is 178 Å². The maximum absolute atomic E-state index is 12.6. The molecule has 8 heteroatoms. The first-order chi connectivity index (χ1) is 14.6. The highest BCUT2D eigenvalue weighted by Crippen LogP contribution is 2.35. The molecule has 0 radical (unpaired) electrons. The summed E-state index contributed by atoms with van der Waals surface area (Å²) >= 11 is 1.23. The molecule has 4 rings (SSSR count). The van der Waals surface area contributed by atoms with Crippen molar-refractivity contribution >= 4 is 33.4 Å². The molecule has 0 spiro atoms. The summed E-state index contributed by atoms with van der Waals surface area (Å²) in [6.07, 6.45) is 4.36. The number of ether oxygens (including phenoxy) is 2. The first-order valence-corrected chi connectivity index (χ1v) is 10.8. The van der Waals surface area contributed by atoms with Crippen molar-refractivity contribution in [2.45, 2.75) is 39.2 Å². The smallest absolute Gasteiger partial charge is 0.348 e. The Morgan fingerprint density at radius 1 is 1.27 bits per heavy atom. The van der Waals surface area contributed by atoms with Gasteiger partial charge in [-0.05, 0) is 49.8 Å². The number of nitrogens with one attached hydrogen (secondary N) is 1. The minimum absolute atomic E-state index is 0.00484. The van der Waals surface area contributed by atoms with Gasteiger partial charge in [-0.15, -0.1) is 11.3 Å². The van der Waals surface area contributed by atoms with Gasteiger partial charge in [-0.2, -0.15) is 0 Å². The summed E-state index contributed by atoms with van der Waals surface area (Å²) < 4.78 is 10.8. The van der Waals surface area contributed by atoms with Gasteiger partial charge in [0.15, 0.2) is 6.61 Å². The van der Waals surface area contributed by atoms with E-state index >= 15 is 0 Å². The zero-order chi connectivity index (χ0) is 21.1. The van der Waals surface area contributed by atoms with Crippen molar-refractivity contribution in [3.8, 4) is 5.88 Å². The van der Waals surface area contributed by atoms with Crippen LogP contribution in [0.5, 0.6) is 5.88 Å². The lowest BCUT2D eigenvalue weighted by atomic mass is 9.88. The molecule has 1 atom stereocenters. The maximum atomic E-state index is 12.6. The standard InChI is InChI=1S/C22H23N3O4S/c1-3-28-22(27)19-13(2)18-20(23-12-24-21(18)30-19)29-11-17(26)25-16-10-6-8-14-7-4-5-9-15(14)16/h4-5,7,9,12,16H,3,6,8,10-11H2,1-2H3,(H,25,26)/t16-/m0/s1. The predicted octanol–water partition coefficient (Wildman–Crippen LogP) is 3.75. The van der Waals surface area contributed by atoms with Crippen LogP contribution in [0, 0.1) is 6.92 Å². The van der Waals surface area contributed by atoms with Crippen LogP contribution >= 0.6 is 11.3 Å². The van der Waals surface area contributed by atoms with Crippen molar-refractivity contribution < 1.29 is 19.1 Å². The molecule has 1 amide bonds. The Balaban J connectivity index is 1.48. The van der Waals surface area contributed by atoms with E-state index in [4.69, 9.17) is 9.47 Å². The van der Waals surface area contributed by atoms with Crippen LogP contribution in [0.1, 0.15) is 52.2 Å². The average Bonchev–Trinajstić information content (AvgIpc) is 3.10. The number of thiophene rings is 1. The summed E-state index contributed by atoms with van der Waals surface area (Å²) in [6, 6.07) is 8.20. The zero-order valence-corrected chi connectivity index (χ0v) is 17.8. The lowest BCUT2D eigenvalue weighted by Gasteiger charge is -2.26. The number of hydrogen-bond donors (Lipinski definition) is 1. The minimum Gasteiger partial charge on any atom is -0.467 e. The van der Waals surface area contributed by atoms with Gasteiger partial charge in [-0.1, -0.05) is 24.3 Å². The second-order valence-corrected chi connectivity index (χ2v) is 8.13. The number of aromatic nitrogens is 2. The van der Waals surface area contributed by atoms with E-state index in [9.17, 15) is 9.59 Å². The normalized spacial score (nSPS) is 15.5. The third-order valence-corrected chi connectivity index (χ3v) is 6.38. The van der Waals surface area contributed by atoms with E-state index in [0.29, 0.717) is 33.1 Å². The highest BCUT2D eigenvalue weighted by molar-refractivity contribution is 7.20. The Morgan fingerprint density at radius 3 is 2.93 bits per heavy atom. The lowest BCUT2D eigenvalue weighted by Crippen LogP contribution is -2.34. The molecule has 156 valence electrons. The second kappa shape index (κ2) is 8.79. The molecule has 7 nitrogen and oxygen atoms in total. The second-order valence-electron chi connectivity index (χ2n) is 7.14. The van der Waals surface area contributed by atoms with Gasteiger partial charge >= 0.3 is 5.97 Å². The Kier molecular flexibility index (Phi) is 5.94. The topological polar surface area (TPSA) is 90.4 Å². The number of fused-ring (bicyclic) bond motifs is 2. The lowest BCUT2D eigenvalue weighted by molar-refractivity contribution is -0.124. The van der Waals surface area contributed by atoms with Crippen LogP contribution in [0.4, 0.5) is 0 Å². The molecule has 2 aromatic heterocycles. The molecule has 0 saturated carbocycles. The van der Waals surface area contributed by atoms with Crippen molar-refractivity contribution in [3.05, 3.63) is 52.2 Å². The zero-order valence-electron chi connectivity index (χ0n) is 16.9. The molecule has 0 fully saturated rings. The third kappa shape index (κ3) is 4.00. The molecule has 0 saturated heterocycles. The van der Waals surface area contributed by atoms with Gasteiger partial charge in [0.1, 0.15) is 16.0 Å². The van der Waals surface area contributed by atoms with Gasteiger partial charge < -0.3 is 14.8 Å². The Morgan fingerprint density at radius 2 is 2.10 bits per heavy atom. The van der Waals surface area contributed by atoms with Crippen molar-refractivity contribution in [2.75, 3.05) is 13.2 Å². The molecular formula is C22H23N3O4S. The van der Waals surface area contributed by atoms with E-state index in [1.165, 1.54) is 28.8 Å². The molecular weight excluding hydrogens is 402 g/mol. The van der Waals surface area contributed by atoms with Gasteiger partial charge in [0.25, 0.3) is 5.91 Å². The Bertz CT molecular complexity index is 1100. The molecule has 1 N–H and O–H groups in total. The van der Waals surface area contributed by atoms with Gasteiger partial charge in [-0.25, -0.2) is 14.8 Å². The highest BCUT2D eigenvalue weighted by Gasteiger charge is 2.23. The van der Waals surface area contributed by atoms with Crippen molar-refractivity contribution in [1.82, 2.24) is 15.3 Å². The van der Waals surface area contributed by atoms with E-state index in [0.717, 1.165) is 19.3 Å². The average molecular weight is 426 g/mol. The molecule has 1 aromatic carbocycles. The summed E-state index contributed by atoms with van der Waals surface area (Å²) in [5.74, 6) is -0.303. The monoisotopic (exact) mass is 425 g/mol. The quantitative estimate of drug-likeness (QED) is 0.605. The molecule has 0 aliphatic heterocycles. The van der Waals surface area contributed by atoms with E-state index in [-0.39, 0.29) is 18.6 Å². The van der Waals surface area contributed by atoms with Gasteiger partial charge in [0, 0.05) is 0 Å². The molecule has 0 bridgehead atoms. The highest BCUT2D eigenvalue weighted by atomic mass is 32.1. The summed E-state index contributed by atoms with van der Waals surface area (Å²) in [6.45, 7) is 3.71. The number of hydrogen-bond acceptors (Lipinski definition) is 7. The molecule has 1 aliphatic carbocycles. The fourth-order valence-corrected chi connectivity index (χ4v) is 4.85. The number of aryl methyl sites for hydroxylation is 2. The molecule has 2 heterocycles. The van der Waals surface area contributed by atoms with Gasteiger partial charge in [0.05, 0.1) is 18.0 Å². The maximum Gasteiger partial charge on any atom is 0.348 e. The van der Waals surface area contributed by atoms with Crippen LogP contribution in [-0.4, -0.2) is 35.1 Å². The SMILES string of the molecule is CCOC(=O)c1sc2ncnc(OCC(=O)N[C@H]3CCCc4ccccc43)c2c1C. The number of carbonyl (C=O) groups excluding carboxylic acids is 2. The van der Waals surface area contributed by atoms with E-state index < -0.39 is 5.97 Å². The van der Waals surface area contributed by atoms with Crippen LogP contribution in [0.15, 0.2) is 30.6 Å². The fraction of sp³-hybridized carbons (Fsp3) is 0.364. The van der Waals surface area contributed by atoms with Crippen molar-refractivity contribution in [3.63, 3.8) is 0 Å². The van der Waals surface area contributed by atoms with Crippen molar-refractivity contribution in [2.24, 2.45) is 0 Å². The van der Waals surface area contributed by atoms with Crippen LogP contribution in [0.2, 0.25) is 0 Å². The first kappa shape index (κ1) is 20.3. The van der Waals surface area contributed by atoms with E-state index in [2.05, 4.69) is 27.4 Å². The molecule has 30 heavy (non-hydrogen) atoms. The van der Waals surface area contributed by atoms with Crippen LogP contribution in [0.3, 0.4) is 0 Å². The molecule has 0 unspecified atom stereocenters. The van der Waals surface area contributed by atoms with Crippen molar-refractivity contribution in [1.29, 1.82) is 0 Å². The van der Waals surface area contributed by atoms with Crippen LogP contribution in [-0.2, 0) is 16.0 Å². The summed E-state index contributed by atoms with van der Waals surface area (Å²) in [5.41, 5.74) is 3.16. The fourth-order valence-electron chi connectivity index (χ4n) is 3.81. The molecule has 3 aromatic rings. The van der Waals surface area contributed by atoms with Gasteiger partial charge in [-0.3, -0.25) is 4.79 Å². The van der Waals surface area contributed by atoms with Gasteiger partial charge in [0.2, 0.25) is 5.88 Å².